The molecule has 1 aliphatic rings. The Morgan fingerprint density at radius 1 is 1.33 bits per heavy atom. The summed E-state index contributed by atoms with van der Waals surface area (Å²) in [6.07, 6.45) is 1.64. The highest BCUT2D eigenvalue weighted by atomic mass is 32.1. The molecule has 0 bridgehead atoms. The number of rotatable bonds is 1. The number of aromatic nitrogens is 3. The number of hydrogen-bond acceptors (Lipinski definition) is 5. The first-order valence-corrected chi connectivity index (χ1v) is 7.26. The summed E-state index contributed by atoms with van der Waals surface area (Å²) in [5.74, 6) is 1.05. The number of aryl methyl sites for hydroxylation is 1. The molecule has 0 spiro atoms. The molecule has 0 aliphatic carbocycles. The SMILES string of the molecule is Cn1c(=S)sc2c(N3CC[NH+](C)CC3)ncnc21. The van der Waals surface area contributed by atoms with Crippen LogP contribution in [0.4, 0.5) is 5.82 Å². The van der Waals surface area contributed by atoms with E-state index in [-0.39, 0.29) is 0 Å². The van der Waals surface area contributed by atoms with Crippen LogP contribution in [-0.4, -0.2) is 47.8 Å². The summed E-state index contributed by atoms with van der Waals surface area (Å²) >= 11 is 6.93. The quantitative estimate of drug-likeness (QED) is 0.753. The van der Waals surface area contributed by atoms with Crippen LogP contribution in [0.3, 0.4) is 0 Å². The van der Waals surface area contributed by atoms with Crippen LogP contribution in [0.2, 0.25) is 0 Å². The molecular formula is C11H16N5S2+. The number of nitrogens with one attached hydrogen (secondary N) is 1. The molecule has 0 unspecified atom stereocenters. The summed E-state index contributed by atoms with van der Waals surface area (Å²) in [5.41, 5.74) is 0.946. The van der Waals surface area contributed by atoms with Gasteiger partial charge in [-0.05, 0) is 12.2 Å². The van der Waals surface area contributed by atoms with Gasteiger partial charge in [-0.25, -0.2) is 9.97 Å². The molecule has 96 valence electrons. The number of thiazole rings is 1. The highest BCUT2D eigenvalue weighted by Gasteiger charge is 2.21. The summed E-state index contributed by atoms with van der Waals surface area (Å²) in [6, 6.07) is 0. The van der Waals surface area contributed by atoms with E-state index in [4.69, 9.17) is 12.2 Å². The minimum atomic E-state index is 0.853. The first kappa shape index (κ1) is 12.0. The smallest absolute Gasteiger partial charge is 0.163 e. The largest absolute Gasteiger partial charge is 0.344 e. The molecule has 5 nitrogen and oxygen atoms in total. The fraction of sp³-hybridized carbons (Fsp3) is 0.545. The minimum absolute atomic E-state index is 0.853. The molecule has 18 heavy (non-hydrogen) atoms. The van der Waals surface area contributed by atoms with Crippen molar-refractivity contribution in [1.29, 1.82) is 0 Å². The van der Waals surface area contributed by atoms with Gasteiger partial charge in [-0.1, -0.05) is 11.3 Å². The monoisotopic (exact) mass is 282 g/mol. The number of piperazine rings is 1. The third-order valence-corrected chi connectivity index (χ3v) is 5.01. The van der Waals surface area contributed by atoms with Crippen LogP contribution in [0.15, 0.2) is 6.33 Å². The normalized spacial score (nSPS) is 17.6. The van der Waals surface area contributed by atoms with Crippen LogP contribution in [-0.2, 0) is 7.05 Å². The molecule has 1 N–H and O–H groups in total. The van der Waals surface area contributed by atoms with E-state index in [0.717, 1.165) is 46.3 Å². The van der Waals surface area contributed by atoms with Gasteiger partial charge in [0, 0.05) is 7.05 Å². The first-order valence-electron chi connectivity index (χ1n) is 6.03. The Labute approximate surface area is 115 Å². The number of hydrogen-bond donors (Lipinski definition) is 1. The van der Waals surface area contributed by atoms with Crippen molar-refractivity contribution >= 4 is 39.7 Å². The van der Waals surface area contributed by atoms with Gasteiger partial charge in [0.1, 0.15) is 11.0 Å². The Kier molecular flexibility index (Phi) is 3.04. The second-order valence-electron chi connectivity index (χ2n) is 4.72. The van der Waals surface area contributed by atoms with Gasteiger partial charge in [0.2, 0.25) is 0 Å². The second-order valence-corrected chi connectivity index (χ2v) is 6.37. The summed E-state index contributed by atoms with van der Waals surface area (Å²) < 4.78 is 3.93. The van der Waals surface area contributed by atoms with E-state index in [1.807, 2.05) is 11.6 Å². The average molecular weight is 282 g/mol. The Morgan fingerprint density at radius 2 is 2.06 bits per heavy atom. The lowest BCUT2D eigenvalue weighted by Crippen LogP contribution is -3.12. The van der Waals surface area contributed by atoms with Crippen molar-refractivity contribution < 1.29 is 4.90 Å². The highest BCUT2D eigenvalue weighted by molar-refractivity contribution is 7.73. The number of quaternary nitrogens is 1. The van der Waals surface area contributed by atoms with E-state index in [0.29, 0.717) is 0 Å². The number of nitrogens with zero attached hydrogens (tertiary/aromatic N) is 4. The Hall–Kier alpha value is -1.05. The third-order valence-electron chi connectivity index (χ3n) is 3.46. The van der Waals surface area contributed by atoms with Gasteiger partial charge < -0.3 is 14.4 Å². The predicted molar refractivity (Wildman–Crippen MR) is 76.1 cm³/mol. The van der Waals surface area contributed by atoms with Crippen LogP contribution in [0, 0.1) is 3.95 Å². The van der Waals surface area contributed by atoms with E-state index in [9.17, 15) is 0 Å². The molecule has 0 atom stereocenters. The summed E-state index contributed by atoms with van der Waals surface area (Å²) in [4.78, 5) is 12.7. The lowest BCUT2D eigenvalue weighted by molar-refractivity contribution is -0.880. The standard InChI is InChI=1S/C11H15N5S2/c1-14-3-5-16(6-4-14)10-8-9(12-7-13-10)15(2)11(17)18-8/h7H,3-6H2,1-2H3/p+1. The van der Waals surface area contributed by atoms with Crippen molar-refractivity contribution in [1.82, 2.24) is 14.5 Å². The van der Waals surface area contributed by atoms with Crippen LogP contribution < -0.4 is 9.80 Å². The zero-order valence-electron chi connectivity index (χ0n) is 10.5. The third kappa shape index (κ3) is 1.92. The Morgan fingerprint density at radius 3 is 2.78 bits per heavy atom. The molecule has 0 saturated carbocycles. The Balaban J connectivity index is 2.07. The predicted octanol–water partition coefficient (Wildman–Crippen LogP) is 0.0940. The molecule has 1 fully saturated rings. The van der Waals surface area contributed by atoms with Crippen LogP contribution in [0.5, 0.6) is 0 Å². The fourth-order valence-corrected chi connectivity index (χ4v) is 3.54. The summed E-state index contributed by atoms with van der Waals surface area (Å²) in [7, 11) is 4.20. The average Bonchev–Trinajstić information content (AvgIpc) is 2.67. The van der Waals surface area contributed by atoms with Crippen molar-refractivity contribution in [3.63, 3.8) is 0 Å². The Bertz CT molecular complexity index is 624. The summed E-state index contributed by atoms with van der Waals surface area (Å²) in [5, 5.41) is 0. The molecule has 0 radical (unpaired) electrons. The van der Waals surface area contributed by atoms with Crippen molar-refractivity contribution in [2.75, 3.05) is 38.1 Å². The lowest BCUT2D eigenvalue weighted by atomic mass is 10.3. The molecule has 0 amide bonds. The van der Waals surface area contributed by atoms with Gasteiger partial charge in [-0.2, -0.15) is 0 Å². The highest BCUT2D eigenvalue weighted by Crippen LogP contribution is 2.28. The molecule has 7 heteroatoms. The zero-order valence-corrected chi connectivity index (χ0v) is 12.1. The topological polar surface area (TPSA) is 38.4 Å². The molecule has 2 aromatic rings. The minimum Gasteiger partial charge on any atom is -0.344 e. The molecule has 3 heterocycles. The maximum absolute atomic E-state index is 5.33. The molecule has 1 aliphatic heterocycles. The van der Waals surface area contributed by atoms with Gasteiger partial charge in [0.15, 0.2) is 15.4 Å². The first-order chi connectivity index (χ1) is 8.66. The van der Waals surface area contributed by atoms with Gasteiger partial charge >= 0.3 is 0 Å². The summed E-state index contributed by atoms with van der Waals surface area (Å²) in [6.45, 7) is 4.41. The van der Waals surface area contributed by atoms with Gasteiger partial charge in [0.05, 0.1) is 33.2 Å². The van der Waals surface area contributed by atoms with Crippen LogP contribution in [0.1, 0.15) is 0 Å². The number of likely N-dealkylation sites (N-methyl/N-ethyl adjacent to an activating group) is 1. The number of fused-ring (bicyclic) bond motifs is 1. The van der Waals surface area contributed by atoms with Gasteiger partial charge in [-0.3, -0.25) is 0 Å². The van der Waals surface area contributed by atoms with Crippen molar-refractivity contribution in [2.24, 2.45) is 7.05 Å². The van der Waals surface area contributed by atoms with Crippen molar-refractivity contribution in [2.45, 2.75) is 0 Å². The van der Waals surface area contributed by atoms with Gasteiger partial charge in [0.25, 0.3) is 0 Å². The molecule has 0 aromatic carbocycles. The molecule has 1 saturated heterocycles. The molecule has 2 aromatic heterocycles. The van der Waals surface area contributed by atoms with Crippen molar-refractivity contribution in [3.8, 4) is 0 Å². The maximum atomic E-state index is 5.33. The van der Waals surface area contributed by atoms with E-state index in [1.165, 1.54) is 0 Å². The molecule has 3 rings (SSSR count). The maximum Gasteiger partial charge on any atom is 0.163 e. The van der Waals surface area contributed by atoms with E-state index in [1.54, 1.807) is 22.6 Å². The van der Waals surface area contributed by atoms with E-state index >= 15 is 0 Å². The van der Waals surface area contributed by atoms with Crippen molar-refractivity contribution in [3.05, 3.63) is 10.3 Å². The molecular weight excluding hydrogens is 266 g/mol. The van der Waals surface area contributed by atoms with Crippen LogP contribution in [0.25, 0.3) is 10.3 Å². The zero-order chi connectivity index (χ0) is 12.7. The van der Waals surface area contributed by atoms with Crippen LogP contribution >= 0.6 is 23.6 Å². The van der Waals surface area contributed by atoms with E-state index in [2.05, 4.69) is 21.9 Å². The fourth-order valence-electron chi connectivity index (χ4n) is 2.25. The van der Waals surface area contributed by atoms with E-state index < -0.39 is 0 Å². The van der Waals surface area contributed by atoms with Gasteiger partial charge in [-0.15, -0.1) is 0 Å². The second kappa shape index (κ2) is 4.56. The number of anilines is 1. The lowest BCUT2D eigenvalue weighted by Gasteiger charge is -2.30.